The van der Waals surface area contributed by atoms with Crippen molar-refractivity contribution >= 4 is 5.97 Å². The summed E-state index contributed by atoms with van der Waals surface area (Å²) in [4.78, 5) is 24.8. The summed E-state index contributed by atoms with van der Waals surface area (Å²) in [5, 5.41) is 8.77. The molecule has 5 heteroatoms. The molecule has 1 aromatic heterocycles. The molecule has 2 bridgehead atoms. The number of hydrogen-bond donors (Lipinski definition) is 1. The predicted molar refractivity (Wildman–Crippen MR) is 70.2 cm³/mol. The Morgan fingerprint density at radius 1 is 1.32 bits per heavy atom. The van der Waals surface area contributed by atoms with Gasteiger partial charge in [-0.25, -0.2) is 0 Å². The SMILES string of the molecule is O=C(O)CCN1C[C@@H]2C[C@@H](C1)c1cccc(=O)n1C2. The summed E-state index contributed by atoms with van der Waals surface area (Å²) in [7, 11) is 0. The zero-order valence-corrected chi connectivity index (χ0v) is 10.8. The van der Waals surface area contributed by atoms with E-state index in [-0.39, 0.29) is 12.0 Å². The smallest absolute Gasteiger partial charge is 0.304 e. The van der Waals surface area contributed by atoms with Crippen molar-refractivity contribution in [1.29, 1.82) is 0 Å². The van der Waals surface area contributed by atoms with Crippen LogP contribution < -0.4 is 5.56 Å². The van der Waals surface area contributed by atoms with Crippen LogP contribution in [-0.2, 0) is 11.3 Å². The Labute approximate surface area is 111 Å². The van der Waals surface area contributed by atoms with Crippen molar-refractivity contribution in [2.75, 3.05) is 19.6 Å². The molecule has 0 amide bonds. The molecule has 102 valence electrons. The Morgan fingerprint density at radius 3 is 2.95 bits per heavy atom. The van der Waals surface area contributed by atoms with Crippen LogP contribution >= 0.6 is 0 Å². The third-order valence-corrected chi connectivity index (χ3v) is 4.20. The van der Waals surface area contributed by atoms with Crippen LogP contribution in [0.15, 0.2) is 23.0 Å². The summed E-state index contributed by atoms with van der Waals surface area (Å²) in [6.07, 6.45) is 1.31. The van der Waals surface area contributed by atoms with Gasteiger partial charge in [0, 0.05) is 43.9 Å². The van der Waals surface area contributed by atoms with E-state index in [1.807, 2.05) is 16.7 Å². The number of nitrogens with zero attached hydrogens (tertiary/aromatic N) is 2. The van der Waals surface area contributed by atoms with Crippen LogP contribution in [-0.4, -0.2) is 40.2 Å². The molecule has 0 saturated carbocycles. The van der Waals surface area contributed by atoms with E-state index in [9.17, 15) is 9.59 Å². The average molecular weight is 262 g/mol. The summed E-state index contributed by atoms with van der Waals surface area (Å²) in [6, 6.07) is 5.47. The van der Waals surface area contributed by atoms with Crippen molar-refractivity contribution in [1.82, 2.24) is 9.47 Å². The molecule has 1 fully saturated rings. The standard InChI is InChI=1S/C14H18N2O3/c17-13-3-1-2-12-11-6-10(8-16(12)13)7-15(9-11)5-4-14(18)19/h1-3,10-11H,4-9H2,(H,18,19)/t10-,11-/m0/s1. The quantitative estimate of drug-likeness (QED) is 0.873. The number of carbonyl (C=O) groups is 1. The van der Waals surface area contributed by atoms with Gasteiger partial charge in [-0.2, -0.15) is 0 Å². The first-order chi connectivity index (χ1) is 9.13. The van der Waals surface area contributed by atoms with E-state index in [2.05, 4.69) is 4.90 Å². The van der Waals surface area contributed by atoms with Gasteiger partial charge in [-0.15, -0.1) is 0 Å². The van der Waals surface area contributed by atoms with Gasteiger partial charge in [0.15, 0.2) is 0 Å². The van der Waals surface area contributed by atoms with Crippen molar-refractivity contribution < 1.29 is 9.90 Å². The number of fused-ring (bicyclic) bond motifs is 4. The third kappa shape index (κ3) is 2.42. The Bertz CT molecular complexity index is 552. The van der Waals surface area contributed by atoms with Crippen molar-refractivity contribution in [2.24, 2.45) is 5.92 Å². The molecule has 3 heterocycles. The molecule has 3 rings (SSSR count). The number of hydrogen-bond acceptors (Lipinski definition) is 3. The number of aliphatic carboxylic acids is 1. The molecule has 0 radical (unpaired) electrons. The predicted octanol–water partition coefficient (Wildman–Crippen LogP) is 0.742. The molecule has 5 nitrogen and oxygen atoms in total. The van der Waals surface area contributed by atoms with Gasteiger partial charge in [0.1, 0.15) is 0 Å². The van der Waals surface area contributed by atoms with Gasteiger partial charge in [0.25, 0.3) is 5.56 Å². The minimum absolute atomic E-state index is 0.0891. The van der Waals surface area contributed by atoms with Gasteiger partial charge >= 0.3 is 5.97 Å². The van der Waals surface area contributed by atoms with Gasteiger partial charge in [-0.3, -0.25) is 9.59 Å². The van der Waals surface area contributed by atoms with E-state index in [4.69, 9.17) is 5.11 Å². The van der Waals surface area contributed by atoms with Crippen LogP contribution in [0.5, 0.6) is 0 Å². The fraction of sp³-hybridized carbons (Fsp3) is 0.571. The number of rotatable bonds is 3. The van der Waals surface area contributed by atoms with Gasteiger partial charge in [0.2, 0.25) is 0 Å². The first kappa shape index (κ1) is 12.4. The maximum atomic E-state index is 11.9. The molecular formula is C14H18N2O3. The zero-order chi connectivity index (χ0) is 13.4. The average Bonchev–Trinajstić information content (AvgIpc) is 2.38. The van der Waals surface area contributed by atoms with Crippen LogP contribution in [0.2, 0.25) is 0 Å². The Hall–Kier alpha value is -1.62. The van der Waals surface area contributed by atoms with Gasteiger partial charge in [-0.05, 0) is 18.4 Å². The first-order valence-electron chi connectivity index (χ1n) is 6.77. The van der Waals surface area contributed by atoms with E-state index in [1.165, 1.54) is 0 Å². The minimum atomic E-state index is -0.743. The number of carboxylic acids is 1. The Balaban J connectivity index is 1.80. The van der Waals surface area contributed by atoms with E-state index < -0.39 is 5.97 Å². The molecule has 1 aromatic rings. The van der Waals surface area contributed by atoms with Crippen molar-refractivity contribution in [2.45, 2.75) is 25.3 Å². The highest BCUT2D eigenvalue weighted by Crippen LogP contribution is 2.34. The summed E-state index contributed by atoms with van der Waals surface area (Å²) >= 11 is 0. The minimum Gasteiger partial charge on any atom is -0.481 e. The Kier molecular flexibility index (Phi) is 3.14. The van der Waals surface area contributed by atoms with Crippen LogP contribution in [0.25, 0.3) is 0 Å². The summed E-state index contributed by atoms with van der Waals surface area (Å²) in [5.74, 6) is 0.0997. The molecule has 0 spiro atoms. The second-order valence-corrected chi connectivity index (χ2v) is 5.60. The van der Waals surface area contributed by atoms with E-state index >= 15 is 0 Å². The Morgan fingerprint density at radius 2 is 2.16 bits per heavy atom. The van der Waals surface area contributed by atoms with E-state index in [0.29, 0.717) is 18.4 Å². The third-order valence-electron chi connectivity index (χ3n) is 4.20. The molecule has 1 N–H and O–H groups in total. The molecule has 0 aliphatic carbocycles. The molecule has 0 unspecified atom stereocenters. The first-order valence-corrected chi connectivity index (χ1v) is 6.77. The molecule has 2 aliphatic heterocycles. The fourth-order valence-corrected chi connectivity index (χ4v) is 3.43. The maximum Gasteiger partial charge on any atom is 0.304 e. The number of likely N-dealkylation sites (tertiary alicyclic amines) is 1. The number of piperidine rings is 1. The highest BCUT2D eigenvalue weighted by molar-refractivity contribution is 5.66. The van der Waals surface area contributed by atoms with Crippen LogP contribution in [0.1, 0.15) is 24.5 Å². The lowest BCUT2D eigenvalue weighted by Gasteiger charge is -2.42. The summed E-state index contributed by atoms with van der Waals surface area (Å²) in [5.41, 5.74) is 1.20. The lowest BCUT2D eigenvalue weighted by molar-refractivity contribution is -0.137. The number of aromatic nitrogens is 1. The highest BCUT2D eigenvalue weighted by atomic mass is 16.4. The van der Waals surface area contributed by atoms with E-state index in [1.54, 1.807) is 6.07 Å². The second kappa shape index (κ2) is 4.81. The maximum absolute atomic E-state index is 11.9. The van der Waals surface area contributed by atoms with Gasteiger partial charge in [-0.1, -0.05) is 6.07 Å². The second-order valence-electron chi connectivity index (χ2n) is 5.60. The lowest BCUT2D eigenvalue weighted by Crippen LogP contribution is -2.47. The van der Waals surface area contributed by atoms with Crippen molar-refractivity contribution in [3.05, 3.63) is 34.2 Å². The van der Waals surface area contributed by atoms with Crippen LogP contribution in [0.4, 0.5) is 0 Å². The molecule has 19 heavy (non-hydrogen) atoms. The monoisotopic (exact) mass is 262 g/mol. The van der Waals surface area contributed by atoms with E-state index in [0.717, 1.165) is 31.7 Å². The normalized spacial score (nSPS) is 25.9. The van der Waals surface area contributed by atoms with Crippen LogP contribution in [0, 0.1) is 5.92 Å². The highest BCUT2D eigenvalue weighted by Gasteiger charge is 2.34. The van der Waals surface area contributed by atoms with Crippen LogP contribution in [0.3, 0.4) is 0 Å². The number of carboxylic acid groups (broad SMARTS) is 1. The topological polar surface area (TPSA) is 62.5 Å². The van der Waals surface area contributed by atoms with Gasteiger partial charge < -0.3 is 14.6 Å². The molecule has 2 aliphatic rings. The summed E-state index contributed by atoms with van der Waals surface area (Å²) < 4.78 is 1.90. The molecule has 0 aromatic carbocycles. The fourth-order valence-electron chi connectivity index (χ4n) is 3.43. The lowest BCUT2D eigenvalue weighted by atomic mass is 9.83. The molecule has 1 saturated heterocycles. The molecular weight excluding hydrogens is 244 g/mol. The zero-order valence-electron chi connectivity index (χ0n) is 10.8. The molecule has 2 atom stereocenters. The van der Waals surface area contributed by atoms with Crippen molar-refractivity contribution in [3.8, 4) is 0 Å². The van der Waals surface area contributed by atoms with Gasteiger partial charge in [0.05, 0.1) is 6.42 Å². The van der Waals surface area contributed by atoms with Crippen molar-refractivity contribution in [3.63, 3.8) is 0 Å². The summed E-state index contributed by atoms with van der Waals surface area (Å²) in [6.45, 7) is 3.16. The largest absolute Gasteiger partial charge is 0.481 e. The number of pyridine rings is 1.